The summed E-state index contributed by atoms with van der Waals surface area (Å²) in [5, 5.41) is 3.83. The Labute approximate surface area is 103 Å². The average molecular weight is 281 g/mol. The summed E-state index contributed by atoms with van der Waals surface area (Å²) in [4.78, 5) is 0. The summed E-state index contributed by atoms with van der Waals surface area (Å²) >= 11 is 3.40. The number of halogens is 1. The molecule has 16 heavy (non-hydrogen) atoms. The van der Waals surface area contributed by atoms with Gasteiger partial charge < -0.3 is 10.3 Å². The summed E-state index contributed by atoms with van der Waals surface area (Å²) in [6.07, 6.45) is 1.91. The van der Waals surface area contributed by atoms with Crippen molar-refractivity contribution in [2.45, 2.75) is 19.8 Å². The Morgan fingerprint density at radius 2 is 2.00 bits per heavy atom. The number of nitrogens with two attached hydrogens (primary N) is 1. The molecule has 84 valence electrons. The third kappa shape index (κ3) is 2.11. The van der Waals surface area contributed by atoms with Crippen molar-refractivity contribution in [2.75, 3.05) is 5.73 Å². The molecule has 2 aromatic rings. The fourth-order valence-corrected chi connectivity index (χ4v) is 1.91. The van der Waals surface area contributed by atoms with E-state index in [-0.39, 0.29) is 0 Å². The van der Waals surface area contributed by atoms with E-state index in [4.69, 9.17) is 10.3 Å². The number of nitrogens with zero attached hydrogens (tertiary/aromatic N) is 1. The molecule has 0 saturated carbocycles. The fourth-order valence-electron chi connectivity index (χ4n) is 1.64. The molecule has 0 unspecified atom stereocenters. The molecule has 0 bridgehead atoms. The Kier molecular flexibility index (Phi) is 3.29. The van der Waals surface area contributed by atoms with E-state index in [2.05, 4.69) is 28.0 Å². The van der Waals surface area contributed by atoms with E-state index in [0.717, 1.165) is 34.2 Å². The number of aromatic nitrogens is 1. The molecule has 2 rings (SSSR count). The monoisotopic (exact) mass is 280 g/mol. The number of hydrogen-bond donors (Lipinski definition) is 1. The molecule has 3 nitrogen and oxygen atoms in total. The second-order valence-electron chi connectivity index (χ2n) is 3.63. The molecular weight excluding hydrogens is 268 g/mol. The van der Waals surface area contributed by atoms with Crippen LogP contribution in [-0.2, 0) is 6.42 Å². The van der Waals surface area contributed by atoms with Gasteiger partial charge in [-0.1, -0.05) is 46.6 Å². The minimum Gasteiger partial charge on any atom is -0.381 e. The van der Waals surface area contributed by atoms with Crippen LogP contribution < -0.4 is 5.73 Å². The third-order valence-electron chi connectivity index (χ3n) is 2.42. The zero-order valence-corrected chi connectivity index (χ0v) is 10.6. The molecule has 1 aromatic heterocycles. The zero-order valence-electron chi connectivity index (χ0n) is 9.03. The van der Waals surface area contributed by atoms with Crippen LogP contribution in [0.5, 0.6) is 0 Å². The molecule has 0 atom stereocenters. The SMILES string of the molecule is CCCc1c(N)noc1-c1ccc(Br)cc1. The normalized spacial score (nSPS) is 10.6. The van der Waals surface area contributed by atoms with Gasteiger partial charge in [0.2, 0.25) is 0 Å². The van der Waals surface area contributed by atoms with Gasteiger partial charge in [0.15, 0.2) is 11.6 Å². The van der Waals surface area contributed by atoms with Crippen LogP contribution in [0.4, 0.5) is 5.82 Å². The third-order valence-corrected chi connectivity index (χ3v) is 2.95. The van der Waals surface area contributed by atoms with Crippen LogP contribution in [0, 0.1) is 0 Å². The van der Waals surface area contributed by atoms with Crippen molar-refractivity contribution in [3.05, 3.63) is 34.3 Å². The molecule has 0 radical (unpaired) electrons. The van der Waals surface area contributed by atoms with Gasteiger partial charge in [-0.3, -0.25) is 0 Å². The largest absolute Gasteiger partial charge is 0.381 e. The molecule has 0 aliphatic carbocycles. The predicted octanol–water partition coefficient (Wildman–Crippen LogP) is 3.64. The second kappa shape index (κ2) is 4.70. The summed E-state index contributed by atoms with van der Waals surface area (Å²) in [5.74, 6) is 1.28. The van der Waals surface area contributed by atoms with Crippen molar-refractivity contribution in [2.24, 2.45) is 0 Å². The number of benzene rings is 1. The molecule has 0 spiro atoms. The highest BCUT2D eigenvalue weighted by atomic mass is 79.9. The first-order chi connectivity index (χ1) is 7.72. The van der Waals surface area contributed by atoms with Crippen LogP contribution in [0.15, 0.2) is 33.3 Å². The topological polar surface area (TPSA) is 52.0 Å². The van der Waals surface area contributed by atoms with Crippen LogP contribution in [-0.4, -0.2) is 5.16 Å². The molecular formula is C12H13BrN2O. The highest BCUT2D eigenvalue weighted by Gasteiger charge is 2.14. The van der Waals surface area contributed by atoms with Crippen LogP contribution in [0.2, 0.25) is 0 Å². The number of anilines is 1. The van der Waals surface area contributed by atoms with Gasteiger partial charge >= 0.3 is 0 Å². The second-order valence-corrected chi connectivity index (χ2v) is 4.55. The van der Waals surface area contributed by atoms with Crippen molar-refractivity contribution in [1.82, 2.24) is 5.16 Å². The van der Waals surface area contributed by atoms with E-state index in [9.17, 15) is 0 Å². The molecule has 0 amide bonds. The molecule has 1 aromatic carbocycles. The number of rotatable bonds is 3. The molecule has 2 N–H and O–H groups in total. The number of nitrogen functional groups attached to an aromatic ring is 1. The molecule has 4 heteroatoms. The Bertz CT molecular complexity index is 476. The van der Waals surface area contributed by atoms with E-state index in [1.807, 2.05) is 24.3 Å². The highest BCUT2D eigenvalue weighted by molar-refractivity contribution is 9.10. The van der Waals surface area contributed by atoms with E-state index >= 15 is 0 Å². The van der Waals surface area contributed by atoms with Gasteiger partial charge in [-0.25, -0.2) is 0 Å². The van der Waals surface area contributed by atoms with Gasteiger partial charge in [0.1, 0.15) is 0 Å². The maximum atomic E-state index is 5.78. The summed E-state index contributed by atoms with van der Waals surface area (Å²) in [5.41, 5.74) is 7.80. The van der Waals surface area contributed by atoms with E-state index < -0.39 is 0 Å². The van der Waals surface area contributed by atoms with Gasteiger partial charge in [0.25, 0.3) is 0 Å². The van der Waals surface area contributed by atoms with Gasteiger partial charge in [-0.15, -0.1) is 0 Å². The minimum absolute atomic E-state index is 0.500. The lowest BCUT2D eigenvalue weighted by molar-refractivity contribution is 0.435. The first kappa shape index (κ1) is 11.2. The summed E-state index contributed by atoms with van der Waals surface area (Å²) < 4.78 is 6.33. The quantitative estimate of drug-likeness (QED) is 0.934. The molecule has 0 aliphatic heterocycles. The van der Waals surface area contributed by atoms with Crippen molar-refractivity contribution in [1.29, 1.82) is 0 Å². The smallest absolute Gasteiger partial charge is 0.172 e. The van der Waals surface area contributed by atoms with Gasteiger partial charge in [-0.2, -0.15) is 0 Å². The van der Waals surface area contributed by atoms with Crippen LogP contribution >= 0.6 is 15.9 Å². The molecule has 0 saturated heterocycles. The first-order valence-electron chi connectivity index (χ1n) is 5.22. The molecule has 0 aliphatic rings. The average Bonchev–Trinajstić information content (AvgIpc) is 2.63. The predicted molar refractivity (Wildman–Crippen MR) is 68.0 cm³/mol. The molecule has 0 fully saturated rings. The first-order valence-corrected chi connectivity index (χ1v) is 6.01. The summed E-state index contributed by atoms with van der Waals surface area (Å²) in [7, 11) is 0. The number of hydrogen-bond acceptors (Lipinski definition) is 3. The zero-order chi connectivity index (χ0) is 11.5. The lowest BCUT2D eigenvalue weighted by atomic mass is 10.1. The highest BCUT2D eigenvalue weighted by Crippen LogP contribution is 2.29. The van der Waals surface area contributed by atoms with Gasteiger partial charge in [0.05, 0.1) is 0 Å². The summed E-state index contributed by atoms with van der Waals surface area (Å²) in [6, 6.07) is 7.93. The van der Waals surface area contributed by atoms with Crippen molar-refractivity contribution in [3.8, 4) is 11.3 Å². The van der Waals surface area contributed by atoms with E-state index in [1.54, 1.807) is 0 Å². The van der Waals surface area contributed by atoms with Crippen LogP contribution in [0.1, 0.15) is 18.9 Å². The summed E-state index contributed by atoms with van der Waals surface area (Å²) in [6.45, 7) is 2.11. The maximum absolute atomic E-state index is 5.78. The maximum Gasteiger partial charge on any atom is 0.172 e. The standard InChI is InChI=1S/C12H13BrN2O/c1-2-3-10-11(16-15-12(10)14)8-4-6-9(13)7-5-8/h4-7H,2-3H2,1H3,(H2,14,15). The van der Waals surface area contributed by atoms with Crippen LogP contribution in [0.25, 0.3) is 11.3 Å². The Morgan fingerprint density at radius 1 is 1.31 bits per heavy atom. The van der Waals surface area contributed by atoms with E-state index in [1.165, 1.54) is 0 Å². The Balaban J connectivity index is 2.43. The van der Waals surface area contributed by atoms with Gasteiger partial charge in [-0.05, 0) is 18.6 Å². The lowest BCUT2D eigenvalue weighted by Gasteiger charge is -2.00. The Hall–Kier alpha value is -1.29. The van der Waals surface area contributed by atoms with Gasteiger partial charge in [0, 0.05) is 15.6 Å². The molecule has 1 heterocycles. The van der Waals surface area contributed by atoms with Crippen molar-refractivity contribution >= 4 is 21.7 Å². The van der Waals surface area contributed by atoms with Crippen molar-refractivity contribution < 1.29 is 4.52 Å². The Morgan fingerprint density at radius 3 is 2.62 bits per heavy atom. The minimum atomic E-state index is 0.500. The van der Waals surface area contributed by atoms with Crippen LogP contribution in [0.3, 0.4) is 0 Å². The van der Waals surface area contributed by atoms with Crippen molar-refractivity contribution in [3.63, 3.8) is 0 Å². The van der Waals surface area contributed by atoms with E-state index in [0.29, 0.717) is 5.82 Å². The lowest BCUT2D eigenvalue weighted by Crippen LogP contribution is -1.92. The fraction of sp³-hybridized carbons (Fsp3) is 0.250.